The maximum absolute atomic E-state index is 8.93. The van der Waals surface area contributed by atoms with Crippen molar-refractivity contribution in [2.45, 2.75) is 0 Å². The number of anilines is 2. The second-order valence-corrected chi connectivity index (χ2v) is 5.27. The molecule has 1 aromatic carbocycles. The molecule has 4 aromatic rings. The van der Waals surface area contributed by atoms with Crippen LogP contribution in [0.3, 0.4) is 0 Å². The Morgan fingerprint density at radius 1 is 0.958 bits per heavy atom. The summed E-state index contributed by atoms with van der Waals surface area (Å²) in [6.45, 7) is 0. The maximum atomic E-state index is 8.93. The molecule has 5 nitrogen and oxygen atoms in total. The SMILES string of the molecule is N#Cc1ccc(Nc2c(-c3ccccn3)nc3ccccn23)cc1. The van der Waals surface area contributed by atoms with Crippen LogP contribution >= 0.6 is 0 Å². The maximum Gasteiger partial charge on any atom is 0.144 e. The molecule has 0 fully saturated rings. The van der Waals surface area contributed by atoms with E-state index in [0.717, 1.165) is 28.5 Å². The Labute approximate surface area is 138 Å². The summed E-state index contributed by atoms with van der Waals surface area (Å²) in [5.41, 5.74) is 3.94. The summed E-state index contributed by atoms with van der Waals surface area (Å²) in [7, 11) is 0. The number of nitrogens with zero attached hydrogens (tertiary/aromatic N) is 4. The average molecular weight is 311 g/mol. The van der Waals surface area contributed by atoms with Crippen molar-refractivity contribution in [3.8, 4) is 17.5 Å². The van der Waals surface area contributed by atoms with Gasteiger partial charge in [0.25, 0.3) is 0 Å². The van der Waals surface area contributed by atoms with Crippen LogP contribution in [0, 0.1) is 11.3 Å². The predicted octanol–water partition coefficient (Wildman–Crippen LogP) is 4.01. The van der Waals surface area contributed by atoms with E-state index in [1.807, 2.05) is 59.1 Å². The molecular weight excluding hydrogens is 298 g/mol. The second-order valence-electron chi connectivity index (χ2n) is 5.27. The predicted molar refractivity (Wildman–Crippen MR) is 92.9 cm³/mol. The molecule has 1 N–H and O–H groups in total. The number of fused-ring (bicyclic) bond motifs is 1. The van der Waals surface area contributed by atoms with Gasteiger partial charge in [0.1, 0.15) is 17.2 Å². The molecule has 0 unspecified atom stereocenters. The van der Waals surface area contributed by atoms with E-state index >= 15 is 0 Å². The molecule has 0 spiro atoms. The van der Waals surface area contributed by atoms with Crippen LogP contribution in [0.2, 0.25) is 0 Å². The van der Waals surface area contributed by atoms with Crippen molar-refractivity contribution < 1.29 is 0 Å². The average Bonchev–Trinajstić information content (AvgIpc) is 3.02. The summed E-state index contributed by atoms with van der Waals surface area (Å²) in [6.07, 6.45) is 3.71. The summed E-state index contributed by atoms with van der Waals surface area (Å²) >= 11 is 0. The van der Waals surface area contributed by atoms with Gasteiger partial charge in [-0.1, -0.05) is 12.1 Å². The van der Waals surface area contributed by atoms with Crippen LogP contribution in [0.25, 0.3) is 17.0 Å². The van der Waals surface area contributed by atoms with E-state index in [4.69, 9.17) is 10.2 Å². The number of hydrogen-bond acceptors (Lipinski definition) is 4. The molecule has 3 heterocycles. The molecular formula is C19H13N5. The van der Waals surface area contributed by atoms with Gasteiger partial charge in [0.05, 0.1) is 17.3 Å². The third-order valence-corrected chi connectivity index (χ3v) is 3.71. The molecule has 0 saturated carbocycles. The number of imidazole rings is 1. The number of nitrogens with one attached hydrogen (secondary N) is 1. The third-order valence-electron chi connectivity index (χ3n) is 3.71. The van der Waals surface area contributed by atoms with E-state index in [9.17, 15) is 0 Å². The van der Waals surface area contributed by atoms with Crippen molar-refractivity contribution in [1.82, 2.24) is 14.4 Å². The number of hydrogen-bond donors (Lipinski definition) is 1. The Bertz CT molecular complexity index is 1030. The lowest BCUT2D eigenvalue weighted by Gasteiger charge is -2.08. The Kier molecular flexibility index (Phi) is 3.41. The fourth-order valence-electron chi connectivity index (χ4n) is 2.56. The summed E-state index contributed by atoms with van der Waals surface area (Å²) in [6, 6.07) is 21.1. The van der Waals surface area contributed by atoms with E-state index in [1.54, 1.807) is 18.3 Å². The molecule has 0 aliphatic heterocycles. The zero-order valence-electron chi connectivity index (χ0n) is 12.7. The van der Waals surface area contributed by atoms with Crippen molar-refractivity contribution in [2.75, 3.05) is 5.32 Å². The Morgan fingerprint density at radius 2 is 1.79 bits per heavy atom. The molecule has 0 aliphatic carbocycles. The van der Waals surface area contributed by atoms with Crippen LogP contribution < -0.4 is 5.32 Å². The standard InChI is InChI=1S/C19H13N5/c20-13-14-7-9-15(10-8-14)22-19-18(16-5-1-3-11-21-16)23-17-6-2-4-12-24(17)19/h1-12,22H. The summed E-state index contributed by atoms with van der Waals surface area (Å²) in [5, 5.41) is 12.3. The normalized spacial score (nSPS) is 10.5. The summed E-state index contributed by atoms with van der Waals surface area (Å²) in [5.74, 6) is 0.842. The van der Waals surface area contributed by atoms with Crippen LogP contribution in [0.5, 0.6) is 0 Å². The highest BCUT2D eigenvalue weighted by Crippen LogP contribution is 2.29. The quantitative estimate of drug-likeness (QED) is 0.621. The fraction of sp³-hybridized carbons (Fsp3) is 0. The van der Waals surface area contributed by atoms with Crippen LogP contribution in [-0.2, 0) is 0 Å². The summed E-state index contributed by atoms with van der Waals surface area (Å²) in [4.78, 5) is 9.11. The van der Waals surface area contributed by atoms with E-state index in [1.165, 1.54) is 0 Å². The van der Waals surface area contributed by atoms with Gasteiger partial charge < -0.3 is 5.32 Å². The largest absolute Gasteiger partial charge is 0.339 e. The number of rotatable bonds is 3. The molecule has 5 heteroatoms. The van der Waals surface area contributed by atoms with Crippen LogP contribution in [-0.4, -0.2) is 14.4 Å². The van der Waals surface area contributed by atoms with Gasteiger partial charge >= 0.3 is 0 Å². The smallest absolute Gasteiger partial charge is 0.144 e. The highest BCUT2D eigenvalue weighted by Gasteiger charge is 2.14. The molecule has 114 valence electrons. The topological polar surface area (TPSA) is 66.0 Å². The van der Waals surface area contributed by atoms with Crippen molar-refractivity contribution in [3.05, 3.63) is 78.6 Å². The molecule has 24 heavy (non-hydrogen) atoms. The van der Waals surface area contributed by atoms with Crippen molar-refractivity contribution in [1.29, 1.82) is 5.26 Å². The van der Waals surface area contributed by atoms with Gasteiger partial charge in [0, 0.05) is 18.1 Å². The molecule has 0 aliphatic rings. The Morgan fingerprint density at radius 3 is 2.54 bits per heavy atom. The molecule has 0 radical (unpaired) electrons. The van der Waals surface area contributed by atoms with Gasteiger partial charge in [-0.15, -0.1) is 0 Å². The molecule has 0 saturated heterocycles. The van der Waals surface area contributed by atoms with Gasteiger partial charge in [-0.3, -0.25) is 9.38 Å². The highest BCUT2D eigenvalue weighted by molar-refractivity contribution is 5.77. The number of benzene rings is 1. The van der Waals surface area contributed by atoms with Crippen molar-refractivity contribution >= 4 is 17.2 Å². The molecule has 0 amide bonds. The minimum Gasteiger partial charge on any atom is -0.339 e. The number of aromatic nitrogens is 3. The first-order valence-corrected chi connectivity index (χ1v) is 7.51. The van der Waals surface area contributed by atoms with E-state index < -0.39 is 0 Å². The zero-order valence-corrected chi connectivity index (χ0v) is 12.7. The van der Waals surface area contributed by atoms with Gasteiger partial charge in [0.2, 0.25) is 0 Å². The van der Waals surface area contributed by atoms with Crippen molar-refractivity contribution in [3.63, 3.8) is 0 Å². The highest BCUT2D eigenvalue weighted by atomic mass is 15.1. The number of nitriles is 1. The molecule has 0 atom stereocenters. The van der Waals surface area contributed by atoms with Gasteiger partial charge in [0.15, 0.2) is 0 Å². The van der Waals surface area contributed by atoms with Crippen LogP contribution in [0.15, 0.2) is 73.1 Å². The van der Waals surface area contributed by atoms with E-state index in [0.29, 0.717) is 5.56 Å². The van der Waals surface area contributed by atoms with Crippen molar-refractivity contribution in [2.24, 2.45) is 0 Å². The van der Waals surface area contributed by atoms with Gasteiger partial charge in [-0.2, -0.15) is 5.26 Å². The van der Waals surface area contributed by atoms with E-state index in [-0.39, 0.29) is 0 Å². The first kappa shape index (κ1) is 14.0. The Hall–Kier alpha value is -3.65. The minimum atomic E-state index is 0.628. The third kappa shape index (κ3) is 2.46. The first-order chi connectivity index (χ1) is 11.8. The van der Waals surface area contributed by atoms with Gasteiger partial charge in [-0.25, -0.2) is 4.98 Å². The van der Waals surface area contributed by atoms with Crippen LogP contribution in [0.1, 0.15) is 5.56 Å². The number of pyridine rings is 2. The monoisotopic (exact) mass is 311 g/mol. The minimum absolute atomic E-state index is 0.628. The molecule has 4 rings (SSSR count). The lowest BCUT2D eigenvalue weighted by Crippen LogP contribution is -1.97. The molecule has 3 aromatic heterocycles. The van der Waals surface area contributed by atoms with Crippen LogP contribution in [0.4, 0.5) is 11.5 Å². The zero-order chi connectivity index (χ0) is 16.4. The summed E-state index contributed by atoms with van der Waals surface area (Å²) < 4.78 is 1.99. The molecule has 0 bridgehead atoms. The lowest BCUT2D eigenvalue weighted by atomic mass is 10.2. The van der Waals surface area contributed by atoms with Gasteiger partial charge in [-0.05, 0) is 48.5 Å². The fourth-order valence-corrected chi connectivity index (χ4v) is 2.56. The Balaban J connectivity index is 1.84. The lowest BCUT2D eigenvalue weighted by molar-refractivity contribution is 1.18. The first-order valence-electron chi connectivity index (χ1n) is 7.51. The van der Waals surface area contributed by atoms with E-state index in [2.05, 4.69) is 16.4 Å². The second kappa shape index (κ2) is 5.86.